The molecule has 35 heavy (non-hydrogen) atoms. The van der Waals surface area contributed by atoms with E-state index in [9.17, 15) is 9.59 Å². The van der Waals surface area contributed by atoms with E-state index in [1.165, 1.54) is 43.9 Å². The van der Waals surface area contributed by atoms with Gasteiger partial charge in [-0.25, -0.2) is 4.98 Å². The number of amides is 2. The minimum absolute atomic E-state index is 0.0171. The van der Waals surface area contributed by atoms with Gasteiger partial charge in [0.25, 0.3) is 11.8 Å². The molecule has 1 aromatic carbocycles. The van der Waals surface area contributed by atoms with Crippen molar-refractivity contribution >= 4 is 11.8 Å². The quantitative estimate of drug-likeness (QED) is 0.398. The molecule has 0 aliphatic heterocycles. The summed E-state index contributed by atoms with van der Waals surface area (Å²) in [5.41, 5.74) is 2.29. The lowest BCUT2D eigenvalue weighted by Gasteiger charge is -2.33. The highest BCUT2D eigenvalue weighted by Gasteiger charge is 2.28. The first-order valence-electron chi connectivity index (χ1n) is 13.8. The van der Waals surface area contributed by atoms with Gasteiger partial charge in [0.05, 0.1) is 6.54 Å². The molecule has 1 aromatic heterocycles. The van der Waals surface area contributed by atoms with Crippen LogP contribution in [0.5, 0.6) is 0 Å². The van der Waals surface area contributed by atoms with Crippen molar-refractivity contribution in [3.05, 3.63) is 53.2 Å². The molecule has 190 valence electrons. The Labute approximate surface area is 209 Å². The molecule has 0 saturated heterocycles. The molecule has 2 aliphatic carbocycles. The minimum atomic E-state index is -0.180. The van der Waals surface area contributed by atoms with Crippen molar-refractivity contribution in [1.29, 1.82) is 0 Å². The summed E-state index contributed by atoms with van der Waals surface area (Å²) in [6.07, 6.45) is 17.2. The Kier molecular flexibility index (Phi) is 9.38. The monoisotopic (exact) mass is 479 g/mol. The number of carbonyl (C=O) groups excluding carboxylic acids is 2. The predicted molar refractivity (Wildman–Crippen MR) is 137 cm³/mol. The summed E-state index contributed by atoms with van der Waals surface area (Å²) < 4.78 is 5.69. The van der Waals surface area contributed by atoms with Gasteiger partial charge >= 0.3 is 0 Å². The van der Waals surface area contributed by atoms with Gasteiger partial charge in [0, 0.05) is 17.6 Å². The fourth-order valence-electron chi connectivity index (χ4n) is 5.46. The van der Waals surface area contributed by atoms with E-state index in [1.807, 2.05) is 17.0 Å². The summed E-state index contributed by atoms with van der Waals surface area (Å²) in [4.78, 5) is 32.7. The normalized spacial score (nSPS) is 17.3. The number of hydrogen-bond donors (Lipinski definition) is 1. The maximum atomic E-state index is 13.6. The summed E-state index contributed by atoms with van der Waals surface area (Å²) in [7, 11) is 0. The maximum Gasteiger partial charge on any atom is 0.273 e. The summed E-state index contributed by atoms with van der Waals surface area (Å²) in [5, 5.41) is 3.10. The SMILES string of the molecule is CCCCCc1ccc(C(=O)N(Cc2nc(C(=O)NC3CCCCC3)co2)C2CCCCC2)cc1. The second kappa shape index (κ2) is 12.9. The Morgan fingerprint density at radius 2 is 1.66 bits per heavy atom. The number of oxazole rings is 1. The first-order valence-corrected chi connectivity index (χ1v) is 13.8. The lowest BCUT2D eigenvalue weighted by Crippen LogP contribution is -2.41. The maximum absolute atomic E-state index is 13.6. The van der Waals surface area contributed by atoms with Crippen molar-refractivity contribution in [1.82, 2.24) is 15.2 Å². The average Bonchev–Trinajstić information content (AvgIpc) is 3.38. The van der Waals surface area contributed by atoms with E-state index in [-0.39, 0.29) is 23.9 Å². The molecule has 0 unspecified atom stereocenters. The number of aryl methyl sites for hydroxylation is 1. The predicted octanol–water partition coefficient (Wildman–Crippen LogP) is 6.44. The number of rotatable bonds is 10. The molecule has 0 spiro atoms. The minimum Gasteiger partial charge on any atom is -0.446 e. The van der Waals surface area contributed by atoms with Crippen LogP contribution in [-0.4, -0.2) is 33.8 Å². The first kappa shape index (κ1) is 25.5. The number of nitrogens with one attached hydrogen (secondary N) is 1. The third kappa shape index (κ3) is 7.18. The molecule has 1 N–H and O–H groups in total. The Morgan fingerprint density at radius 1 is 0.971 bits per heavy atom. The van der Waals surface area contributed by atoms with Crippen LogP contribution in [0.1, 0.15) is 123 Å². The van der Waals surface area contributed by atoms with Gasteiger partial charge in [-0.2, -0.15) is 0 Å². The van der Waals surface area contributed by atoms with Gasteiger partial charge in [-0.1, -0.05) is 70.4 Å². The van der Waals surface area contributed by atoms with Crippen LogP contribution in [0, 0.1) is 0 Å². The van der Waals surface area contributed by atoms with Crippen molar-refractivity contribution < 1.29 is 14.0 Å². The molecule has 2 aromatic rings. The van der Waals surface area contributed by atoms with Gasteiger partial charge in [0.15, 0.2) is 5.69 Å². The van der Waals surface area contributed by atoms with E-state index in [1.54, 1.807) is 0 Å². The fourth-order valence-corrected chi connectivity index (χ4v) is 5.46. The molecule has 0 radical (unpaired) electrons. The lowest BCUT2D eigenvalue weighted by atomic mass is 9.93. The molecule has 2 amide bonds. The number of nitrogens with zero attached hydrogens (tertiary/aromatic N) is 2. The zero-order chi connectivity index (χ0) is 24.5. The summed E-state index contributed by atoms with van der Waals surface area (Å²) in [6.45, 7) is 2.50. The van der Waals surface area contributed by atoms with Crippen molar-refractivity contribution in [3.8, 4) is 0 Å². The van der Waals surface area contributed by atoms with Gasteiger partial charge in [0.2, 0.25) is 5.89 Å². The lowest BCUT2D eigenvalue weighted by molar-refractivity contribution is 0.0591. The van der Waals surface area contributed by atoms with Crippen LogP contribution in [0.2, 0.25) is 0 Å². The van der Waals surface area contributed by atoms with Gasteiger partial charge in [-0.15, -0.1) is 0 Å². The number of aromatic nitrogens is 1. The van der Waals surface area contributed by atoms with E-state index >= 15 is 0 Å². The smallest absolute Gasteiger partial charge is 0.273 e. The molecule has 2 aliphatic rings. The average molecular weight is 480 g/mol. The van der Waals surface area contributed by atoms with E-state index in [0.717, 1.165) is 57.8 Å². The van der Waals surface area contributed by atoms with Gasteiger partial charge < -0.3 is 14.6 Å². The van der Waals surface area contributed by atoms with Crippen LogP contribution in [0.4, 0.5) is 0 Å². The van der Waals surface area contributed by atoms with Crippen LogP contribution in [-0.2, 0) is 13.0 Å². The van der Waals surface area contributed by atoms with Gasteiger partial charge in [-0.3, -0.25) is 9.59 Å². The Hall–Kier alpha value is -2.63. The van der Waals surface area contributed by atoms with Crippen LogP contribution < -0.4 is 5.32 Å². The topological polar surface area (TPSA) is 75.4 Å². The highest BCUT2D eigenvalue weighted by Crippen LogP contribution is 2.26. The van der Waals surface area contributed by atoms with E-state index in [0.29, 0.717) is 23.7 Å². The zero-order valence-corrected chi connectivity index (χ0v) is 21.3. The molecule has 0 bridgehead atoms. The molecule has 2 saturated carbocycles. The molecular weight excluding hydrogens is 438 g/mol. The van der Waals surface area contributed by atoms with E-state index in [4.69, 9.17) is 4.42 Å². The third-order valence-electron chi connectivity index (χ3n) is 7.58. The molecular formula is C29H41N3O3. The van der Waals surface area contributed by atoms with Crippen LogP contribution in [0.15, 0.2) is 34.9 Å². The Morgan fingerprint density at radius 3 is 2.34 bits per heavy atom. The van der Waals surface area contributed by atoms with Crippen molar-refractivity contribution in [3.63, 3.8) is 0 Å². The number of hydrogen-bond acceptors (Lipinski definition) is 4. The molecule has 4 rings (SSSR count). The molecule has 6 heteroatoms. The highest BCUT2D eigenvalue weighted by atomic mass is 16.3. The molecule has 6 nitrogen and oxygen atoms in total. The van der Waals surface area contributed by atoms with Crippen LogP contribution >= 0.6 is 0 Å². The van der Waals surface area contributed by atoms with E-state index < -0.39 is 0 Å². The first-order chi connectivity index (χ1) is 17.1. The third-order valence-corrected chi connectivity index (χ3v) is 7.58. The number of unbranched alkanes of at least 4 members (excludes halogenated alkanes) is 2. The van der Waals surface area contributed by atoms with Crippen molar-refractivity contribution in [2.24, 2.45) is 0 Å². The highest BCUT2D eigenvalue weighted by molar-refractivity contribution is 5.94. The summed E-state index contributed by atoms with van der Waals surface area (Å²) >= 11 is 0. The van der Waals surface area contributed by atoms with Gasteiger partial charge in [0.1, 0.15) is 6.26 Å². The zero-order valence-electron chi connectivity index (χ0n) is 21.3. The standard InChI is InChI=1S/C29H41N3O3/c1-2-3-6-11-22-16-18-23(19-17-22)29(34)32(25-14-9-5-10-15-25)20-27-31-26(21-35-27)28(33)30-24-12-7-4-8-13-24/h16-19,21,24-25H,2-15,20H2,1H3,(H,30,33). The summed E-state index contributed by atoms with van der Waals surface area (Å²) in [6, 6.07) is 8.48. The van der Waals surface area contributed by atoms with Crippen LogP contribution in [0.3, 0.4) is 0 Å². The van der Waals surface area contributed by atoms with Crippen molar-refractivity contribution in [2.45, 2.75) is 115 Å². The Bertz CT molecular complexity index is 940. The van der Waals surface area contributed by atoms with Crippen molar-refractivity contribution in [2.75, 3.05) is 0 Å². The molecule has 1 heterocycles. The second-order valence-electron chi connectivity index (χ2n) is 10.3. The molecule has 0 atom stereocenters. The fraction of sp³-hybridized carbons (Fsp3) is 0.621. The Balaban J connectivity index is 1.43. The summed E-state index contributed by atoms with van der Waals surface area (Å²) in [5.74, 6) is 0.262. The number of benzene rings is 1. The van der Waals surface area contributed by atoms with Gasteiger partial charge in [-0.05, 0) is 56.2 Å². The molecule has 2 fully saturated rings. The van der Waals surface area contributed by atoms with Crippen LogP contribution in [0.25, 0.3) is 0 Å². The second-order valence-corrected chi connectivity index (χ2v) is 10.3. The number of carbonyl (C=O) groups is 2. The largest absolute Gasteiger partial charge is 0.446 e. The van der Waals surface area contributed by atoms with E-state index in [2.05, 4.69) is 29.4 Å².